The van der Waals surface area contributed by atoms with Gasteiger partial charge >= 0.3 is 0 Å². The second-order valence-corrected chi connectivity index (χ2v) is 5.60. The summed E-state index contributed by atoms with van der Waals surface area (Å²) in [5, 5.41) is 11.3. The summed E-state index contributed by atoms with van der Waals surface area (Å²) in [4.78, 5) is 0.332. The third-order valence-electron chi connectivity index (χ3n) is 3.14. The molecule has 0 fully saturated rings. The van der Waals surface area contributed by atoms with E-state index in [2.05, 4.69) is 47.7 Å². The number of rotatable bonds is 5. The Balaban J connectivity index is 2.11. The molecule has 0 atom stereocenters. The summed E-state index contributed by atoms with van der Waals surface area (Å²) in [5.74, 6) is 1.25. The van der Waals surface area contributed by atoms with Crippen LogP contribution in [0.5, 0.6) is 0 Å². The van der Waals surface area contributed by atoms with Crippen molar-refractivity contribution in [3.05, 3.63) is 27.7 Å². The molecular weight excluding hydrogens is 260 g/mol. The molecule has 0 aliphatic heterocycles. The molecule has 19 heavy (non-hydrogen) atoms. The van der Waals surface area contributed by atoms with Crippen LogP contribution in [0, 0.1) is 24.6 Å². The topological polar surface area (TPSA) is 59.6 Å². The lowest BCUT2D eigenvalue weighted by molar-refractivity contribution is 0.471. The molecule has 0 saturated carbocycles. The largest absolute Gasteiger partial charge is 0.414 e. The van der Waals surface area contributed by atoms with Crippen LogP contribution in [-0.4, -0.2) is 20.0 Å². The second kappa shape index (κ2) is 5.69. The first-order valence-corrected chi connectivity index (χ1v) is 6.95. The van der Waals surface area contributed by atoms with Crippen LogP contribution >= 0.6 is 12.2 Å². The van der Waals surface area contributed by atoms with Gasteiger partial charge in [-0.15, -0.1) is 5.10 Å². The number of H-pyrrole nitrogens is 1. The molecule has 0 unspecified atom stereocenters. The van der Waals surface area contributed by atoms with Gasteiger partial charge in [0.25, 0.3) is 4.84 Å². The summed E-state index contributed by atoms with van der Waals surface area (Å²) in [6.07, 6.45) is 1.61. The van der Waals surface area contributed by atoms with Crippen LogP contribution in [-0.2, 0) is 19.4 Å². The highest BCUT2D eigenvalue weighted by atomic mass is 32.1. The summed E-state index contributed by atoms with van der Waals surface area (Å²) in [5.41, 5.74) is 3.61. The summed E-state index contributed by atoms with van der Waals surface area (Å²) >= 11 is 4.87. The maximum Gasteiger partial charge on any atom is 0.284 e. The Kier molecular flexibility index (Phi) is 4.19. The lowest BCUT2D eigenvalue weighted by Gasteiger charge is -2.07. The van der Waals surface area contributed by atoms with Crippen molar-refractivity contribution in [3.8, 4) is 0 Å². The molecule has 1 N–H and O–H groups in total. The molecule has 0 bridgehead atoms. The van der Waals surface area contributed by atoms with Crippen molar-refractivity contribution in [2.45, 2.75) is 47.1 Å². The van der Waals surface area contributed by atoms with Gasteiger partial charge in [0.15, 0.2) is 0 Å². The van der Waals surface area contributed by atoms with Crippen LogP contribution in [0.2, 0.25) is 0 Å². The summed E-state index contributed by atoms with van der Waals surface area (Å²) < 4.78 is 7.37. The maximum atomic E-state index is 5.28. The van der Waals surface area contributed by atoms with E-state index in [9.17, 15) is 0 Å². The number of aryl methyl sites for hydroxylation is 2. The second-order valence-electron chi connectivity index (χ2n) is 5.23. The van der Waals surface area contributed by atoms with Gasteiger partial charge in [0.2, 0.25) is 5.89 Å². The van der Waals surface area contributed by atoms with Gasteiger partial charge in [0, 0.05) is 18.7 Å². The average Bonchev–Trinajstić information content (AvgIpc) is 2.83. The van der Waals surface area contributed by atoms with E-state index < -0.39 is 0 Å². The van der Waals surface area contributed by atoms with Crippen molar-refractivity contribution >= 4 is 12.2 Å². The number of aromatic amines is 1. The maximum absolute atomic E-state index is 5.28. The Morgan fingerprint density at radius 1 is 1.32 bits per heavy atom. The smallest absolute Gasteiger partial charge is 0.284 e. The van der Waals surface area contributed by atoms with Crippen LogP contribution in [0.25, 0.3) is 0 Å². The molecule has 0 saturated heterocycles. The molecule has 2 heterocycles. The number of nitrogens with zero attached hydrogens (tertiary/aromatic N) is 3. The fourth-order valence-electron chi connectivity index (χ4n) is 2.22. The molecule has 2 rings (SSSR count). The van der Waals surface area contributed by atoms with Gasteiger partial charge in [-0.05, 0) is 44.0 Å². The molecule has 0 amide bonds. The first kappa shape index (κ1) is 14.0. The zero-order valence-corrected chi connectivity index (χ0v) is 12.7. The van der Waals surface area contributed by atoms with Gasteiger partial charge in [-0.2, -0.15) is 5.10 Å². The minimum Gasteiger partial charge on any atom is -0.414 e. The summed E-state index contributed by atoms with van der Waals surface area (Å²) in [7, 11) is 0. The van der Waals surface area contributed by atoms with Gasteiger partial charge in [-0.3, -0.25) is 4.68 Å². The predicted molar refractivity (Wildman–Crippen MR) is 75.6 cm³/mol. The van der Waals surface area contributed by atoms with Crippen molar-refractivity contribution in [3.63, 3.8) is 0 Å². The van der Waals surface area contributed by atoms with Crippen molar-refractivity contribution < 1.29 is 4.42 Å². The molecular formula is C13H20N4OS. The van der Waals surface area contributed by atoms with Crippen molar-refractivity contribution in [1.29, 1.82) is 0 Å². The van der Waals surface area contributed by atoms with E-state index in [0.29, 0.717) is 16.6 Å². The fraction of sp³-hybridized carbons (Fsp3) is 0.615. The monoisotopic (exact) mass is 280 g/mol. The first-order valence-electron chi connectivity index (χ1n) is 6.54. The highest BCUT2D eigenvalue weighted by Crippen LogP contribution is 2.16. The van der Waals surface area contributed by atoms with E-state index in [1.54, 1.807) is 0 Å². The Labute approximate surface area is 118 Å². The molecule has 0 aliphatic rings. The lowest BCUT2D eigenvalue weighted by Crippen LogP contribution is -2.08. The van der Waals surface area contributed by atoms with E-state index in [1.165, 1.54) is 11.3 Å². The van der Waals surface area contributed by atoms with Gasteiger partial charge in [0.1, 0.15) is 0 Å². The minimum atomic E-state index is 0.332. The summed E-state index contributed by atoms with van der Waals surface area (Å²) in [6, 6.07) is 0. The SMILES string of the molecule is Cc1nn(CC(C)C)c(C)c1CCc1n[nH]c(=S)o1. The van der Waals surface area contributed by atoms with Crippen LogP contribution in [0.1, 0.15) is 36.7 Å². The Morgan fingerprint density at radius 3 is 2.63 bits per heavy atom. The molecule has 104 valence electrons. The lowest BCUT2D eigenvalue weighted by atomic mass is 10.1. The van der Waals surface area contributed by atoms with Crippen molar-refractivity contribution in [2.75, 3.05) is 0 Å². The van der Waals surface area contributed by atoms with Crippen molar-refractivity contribution in [2.24, 2.45) is 5.92 Å². The van der Waals surface area contributed by atoms with Crippen LogP contribution < -0.4 is 0 Å². The Hall–Kier alpha value is -1.43. The normalized spacial score (nSPS) is 11.4. The highest BCUT2D eigenvalue weighted by molar-refractivity contribution is 7.71. The van der Waals surface area contributed by atoms with Gasteiger partial charge < -0.3 is 4.42 Å². The molecule has 2 aromatic rings. The third kappa shape index (κ3) is 3.32. The molecule has 0 aliphatic carbocycles. The zero-order chi connectivity index (χ0) is 14.0. The summed E-state index contributed by atoms with van der Waals surface area (Å²) in [6.45, 7) is 9.53. The molecule has 0 aromatic carbocycles. The van der Waals surface area contributed by atoms with Gasteiger partial charge in [-0.1, -0.05) is 13.8 Å². The van der Waals surface area contributed by atoms with Crippen LogP contribution in [0.15, 0.2) is 4.42 Å². The molecule has 0 spiro atoms. The average molecular weight is 280 g/mol. The van der Waals surface area contributed by atoms with E-state index in [0.717, 1.165) is 25.1 Å². The van der Waals surface area contributed by atoms with Crippen LogP contribution in [0.4, 0.5) is 0 Å². The van der Waals surface area contributed by atoms with Crippen molar-refractivity contribution in [1.82, 2.24) is 20.0 Å². The van der Waals surface area contributed by atoms with Gasteiger partial charge in [-0.25, -0.2) is 5.10 Å². The predicted octanol–water partition coefficient (Wildman–Crippen LogP) is 2.99. The molecule has 6 heteroatoms. The highest BCUT2D eigenvalue weighted by Gasteiger charge is 2.13. The number of hydrogen-bond acceptors (Lipinski definition) is 4. The van der Waals surface area contributed by atoms with E-state index >= 15 is 0 Å². The van der Waals surface area contributed by atoms with Gasteiger partial charge in [0.05, 0.1) is 5.69 Å². The number of hydrogen-bond donors (Lipinski definition) is 1. The fourth-order valence-corrected chi connectivity index (χ4v) is 2.36. The van der Waals surface area contributed by atoms with Crippen LogP contribution in [0.3, 0.4) is 0 Å². The third-order valence-corrected chi connectivity index (χ3v) is 3.32. The van der Waals surface area contributed by atoms with E-state index in [-0.39, 0.29) is 0 Å². The van der Waals surface area contributed by atoms with E-state index in [1.807, 2.05) is 0 Å². The molecule has 0 radical (unpaired) electrons. The number of nitrogens with one attached hydrogen (secondary N) is 1. The molecule has 5 nitrogen and oxygen atoms in total. The van der Waals surface area contributed by atoms with E-state index in [4.69, 9.17) is 16.6 Å². The molecule has 2 aromatic heterocycles. The first-order chi connectivity index (χ1) is 8.97. The zero-order valence-electron chi connectivity index (χ0n) is 11.9. The quantitative estimate of drug-likeness (QED) is 0.855. The Morgan fingerprint density at radius 2 is 2.05 bits per heavy atom. The number of aromatic nitrogens is 4. The standard InChI is InChI=1S/C13H20N4OS/c1-8(2)7-17-10(4)11(9(3)16-17)5-6-12-14-15-13(19)18-12/h8H,5-7H2,1-4H3,(H,15,19). The minimum absolute atomic E-state index is 0.332. The Bertz CT molecular complexity index is 608.